The Kier molecular flexibility index (Phi) is 8.05. The highest BCUT2D eigenvalue weighted by molar-refractivity contribution is 6.46. The number of ether oxygens (including phenoxy) is 3. The van der Waals surface area contributed by atoms with Crippen LogP contribution in [0.4, 0.5) is 0 Å². The molecule has 4 rings (SSSR count). The minimum atomic E-state index is -0.809. The number of benzene rings is 3. The van der Waals surface area contributed by atoms with Crippen LogP contribution in [0.1, 0.15) is 42.1 Å². The smallest absolute Gasteiger partial charge is 0.295 e. The molecule has 7 heteroatoms. The van der Waals surface area contributed by atoms with Crippen LogP contribution in [-0.4, -0.2) is 48.6 Å². The Morgan fingerprint density at radius 1 is 0.947 bits per heavy atom. The molecule has 1 aliphatic heterocycles. The Labute approximate surface area is 223 Å². The molecular formula is C31H33NO6. The summed E-state index contributed by atoms with van der Waals surface area (Å²) in [5.74, 6) is 0.337. The molecule has 1 fully saturated rings. The van der Waals surface area contributed by atoms with Gasteiger partial charge in [0.15, 0.2) is 0 Å². The highest BCUT2D eigenvalue weighted by Crippen LogP contribution is 2.43. The number of aryl methyl sites for hydroxylation is 1. The molecule has 7 nitrogen and oxygen atoms in total. The zero-order chi connectivity index (χ0) is 27.4. The molecule has 1 atom stereocenters. The fourth-order valence-corrected chi connectivity index (χ4v) is 4.71. The van der Waals surface area contributed by atoms with Crippen LogP contribution in [0.25, 0.3) is 5.76 Å². The summed E-state index contributed by atoms with van der Waals surface area (Å²) in [6.45, 7) is 6.03. The van der Waals surface area contributed by atoms with E-state index in [0.29, 0.717) is 29.0 Å². The molecule has 3 aromatic carbocycles. The summed E-state index contributed by atoms with van der Waals surface area (Å²) >= 11 is 0. The average Bonchev–Trinajstić information content (AvgIpc) is 3.17. The molecule has 198 valence electrons. The van der Waals surface area contributed by atoms with E-state index < -0.39 is 17.7 Å². The number of nitrogens with zero attached hydrogens (tertiary/aromatic N) is 1. The normalized spacial score (nSPS) is 16.7. The third kappa shape index (κ3) is 5.37. The Morgan fingerprint density at radius 2 is 1.66 bits per heavy atom. The van der Waals surface area contributed by atoms with Gasteiger partial charge in [-0.2, -0.15) is 0 Å². The van der Waals surface area contributed by atoms with Gasteiger partial charge < -0.3 is 24.2 Å². The van der Waals surface area contributed by atoms with Gasteiger partial charge in [-0.15, -0.1) is 0 Å². The van der Waals surface area contributed by atoms with Gasteiger partial charge in [0, 0.05) is 17.7 Å². The largest absolute Gasteiger partial charge is 0.507 e. The van der Waals surface area contributed by atoms with Crippen LogP contribution in [0.15, 0.2) is 72.3 Å². The van der Waals surface area contributed by atoms with Crippen LogP contribution < -0.4 is 14.2 Å². The van der Waals surface area contributed by atoms with Crippen molar-refractivity contribution in [2.75, 3.05) is 20.8 Å². The number of methoxy groups -OCH3 is 2. The predicted octanol–water partition coefficient (Wildman–Crippen LogP) is 5.46. The number of aliphatic hydroxyl groups is 1. The number of rotatable bonds is 9. The fraction of sp³-hybridized carbons (Fsp3) is 0.290. The van der Waals surface area contributed by atoms with Gasteiger partial charge in [-0.05, 0) is 74.7 Å². The second kappa shape index (κ2) is 11.4. The number of carbonyl (C=O) groups excluding carboxylic acids is 2. The summed E-state index contributed by atoms with van der Waals surface area (Å²) in [5.41, 5.74) is 2.90. The van der Waals surface area contributed by atoms with Crippen molar-refractivity contribution in [3.63, 3.8) is 0 Å². The van der Waals surface area contributed by atoms with E-state index >= 15 is 0 Å². The second-order valence-electron chi connectivity index (χ2n) is 9.48. The standard InChI is InChI=1S/C31H33NO6/c1-19(2)38-25-15-12-22(18-20(25)3)29(33)27-28(24-8-6-7-9-26(24)37-5)32(31(35)30(27)34)17-16-21-10-13-23(36-4)14-11-21/h6-15,18-19,28,33H,16-17H2,1-5H3/b29-27+. The highest BCUT2D eigenvalue weighted by atomic mass is 16.5. The topological polar surface area (TPSA) is 85.3 Å². The summed E-state index contributed by atoms with van der Waals surface area (Å²) in [4.78, 5) is 28.3. The molecule has 1 N–H and O–H groups in total. The van der Waals surface area contributed by atoms with Crippen LogP contribution in [0.3, 0.4) is 0 Å². The molecule has 3 aromatic rings. The maximum atomic E-state index is 13.4. The SMILES string of the molecule is COc1ccc(CCN2C(=O)C(=O)/C(=C(/O)c3ccc(OC(C)C)c(C)c3)C2c2ccccc2OC)cc1. The van der Waals surface area contributed by atoms with Gasteiger partial charge in [-0.25, -0.2) is 0 Å². The van der Waals surface area contributed by atoms with E-state index in [-0.39, 0.29) is 24.0 Å². The Hall–Kier alpha value is -4.26. The summed E-state index contributed by atoms with van der Waals surface area (Å²) in [7, 11) is 3.15. The molecule has 38 heavy (non-hydrogen) atoms. The first-order valence-corrected chi connectivity index (χ1v) is 12.6. The number of carbonyl (C=O) groups is 2. The van der Waals surface area contributed by atoms with E-state index in [0.717, 1.165) is 16.9 Å². The van der Waals surface area contributed by atoms with Gasteiger partial charge in [-0.1, -0.05) is 30.3 Å². The number of para-hydroxylation sites is 1. The van der Waals surface area contributed by atoms with Crippen molar-refractivity contribution >= 4 is 17.4 Å². The first kappa shape index (κ1) is 26.8. The molecule has 0 aliphatic carbocycles. The van der Waals surface area contributed by atoms with Gasteiger partial charge in [0.05, 0.1) is 31.9 Å². The zero-order valence-electron chi connectivity index (χ0n) is 22.4. The van der Waals surface area contributed by atoms with Crippen molar-refractivity contribution < 1.29 is 28.9 Å². The summed E-state index contributed by atoms with van der Waals surface area (Å²) in [6.07, 6.45) is 0.512. The molecule has 0 saturated carbocycles. The van der Waals surface area contributed by atoms with Crippen LogP contribution in [0.5, 0.6) is 17.2 Å². The summed E-state index contributed by atoms with van der Waals surface area (Å²) in [5, 5.41) is 11.4. The van der Waals surface area contributed by atoms with Gasteiger partial charge in [0.25, 0.3) is 11.7 Å². The quantitative estimate of drug-likeness (QED) is 0.231. The molecular weight excluding hydrogens is 482 g/mol. The van der Waals surface area contributed by atoms with E-state index in [2.05, 4.69) is 0 Å². The van der Waals surface area contributed by atoms with E-state index in [4.69, 9.17) is 14.2 Å². The van der Waals surface area contributed by atoms with Crippen LogP contribution in [-0.2, 0) is 16.0 Å². The van der Waals surface area contributed by atoms with E-state index in [1.165, 1.54) is 4.90 Å². The third-order valence-electron chi connectivity index (χ3n) is 6.58. The number of likely N-dealkylation sites (tertiary alicyclic amines) is 1. The number of aliphatic hydroxyl groups excluding tert-OH is 1. The fourth-order valence-electron chi connectivity index (χ4n) is 4.71. The molecule has 0 aromatic heterocycles. The third-order valence-corrected chi connectivity index (χ3v) is 6.58. The van der Waals surface area contributed by atoms with Crippen LogP contribution in [0, 0.1) is 6.92 Å². The lowest BCUT2D eigenvalue weighted by Gasteiger charge is -2.26. The van der Waals surface area contributed by atoms with E-state index in [1.807, 2.05) is 63.2 Å². The first-order chi connectivity index (χ1) is 18.2. The van der Waals surface area contributed by atoms with Crippen molar-refractivity contribution in [3.05, 3.63) is 94.6 Å². The minimum absolute atomic E-state index is 0.00489. The number of ketones is 1. The van der Waals surface area contributed by atoms with Gasteiger partial charge in [0.1, 0.15) is 23.0 Å². The van der Waals surface area contributed by atoms with E-state index in [9.17, 15) is 14.7 Å². The zero-order valence-corrected chi connectivity index (χ0v) is 22.4. The number of Topliss-reactive ketones (excluding diaryl/α,β-unsaturated/α-hetero) is 1. The summed E-state index contributed by atoms with van der Waals surface area (Å²) in [6, 6.07) is 19.2. The lowest BCUT2D eigenvalue weighted by Crippen LogP contribution is -2.31. The minimum Gasteiger partial charge on any atom is -0.507 e. The van der Waals surface area contributed by atoms with Crippen molar-refractivity contribution in [2.24, 2.45) is 0 Å². The van der Waals surface area contributed by atoms with Crippen LogP contribution >= 0.6 is 0 Å². The number of amides is 1. The van der Waals surface area contributed by atoms with Crippen molar-refractivity contribution in [1.82, 2.24) is 4.90 Å². The lowest BCUT2D eigenvalue weighted by molar-refractivity contribution is -0.139. The van der Waals surface area contributed by atoms with Crippen molar-refractivity contribution in [1.29, 1.82) is 0 Å². The monoisotopic (exact) mass is 515 g/mol. The molecule has 0 bridgehead atoms. The second-order valence-corrected chi connectivity index (χ2v) is 9.48. The van der Waals surface area contributed by atoms with Gasteiger partial charge in [0.2, 0.25) is 0 Å². The molecule has 1 amide bonds. The molecule has 0 radical (unpaired) electrons. The molecule has 1 unspecified atom stereocenters. The average molecular weight is 516 g/mol. The molecule has 1 saturated heterocycles. The van der Waals surface area contributed by atoms with Crippen LogP contribution in [0.2, 0.25) is 0 Å². The predicted molar refractivity (Wildman–Crippen MR) is 146 cm³/mol. The molecule has 1 heterocycles. The maximum Gasteiger partial charge on any atom is 0.295 e. The van der Waals surface area contributed by atoms with Crippen molar-refractivity contribution in [3.8, 4) is 17.2 Å². The highest BCUT2D eigenvalue weighted by Gasteiger charge is 2.46. The van der Waals surface area contributed by atoms with Gasteiger partial charge >= 0.3 is 0 Å². The van der Waals surface area contributed by atoms with E-state index in [1.54, 1.807) is 38.5 Å². The number of hydrogen-bond donors (Lipinski definition) is 1. The maximum absolute atomic E-state index is 13.4. The van der Waals surface area contributed by atoms with Gasteiger partial charge in [-0.3, -0.25) is 9.59 Å². The molecule has 0 spiro atoms. The Balaban J connectivity index is 1.77. The molecule has 1 aliphatic rings. The number of hydrogen-bond acceptors (Lipinski definition) is 6. The lowest BCUT2D eigenvalue weighted by atomic mass is 9.94. The van der Waals surface area contributed by atoms with Crippen molar-refractivity contribution in [2.45, 2.75) is 39.3 Å². The Morgan fingerprint density at radius 3 is 2.29 bits per heavy atom. The first-order valence-electron chi connectivity index (χ1n) is 12.6. The Bertz CT molecular complexity index is 1360. The summed E-state index contributed by atoms with van der Waals surface area (Å²) < 4.78 is 16.6.